The highest BCUT2D eigenvalue weighted by Gasteiger charge is 2.19. The molecule has 3 aromatic rings. The van der Waals surface area contributed by atoms with E-state index in [1.807, 2.05) is 49.4 Å². The summed E-state index contributed by atoms with van der Waals surface area (Å²) in [6.45, 7) is 12.3. The van der Waals surface area contributed by atoms with Gasteiger partial charge in [-0.3, -0.25) is 4.98 Å². The van der Waals surface area contributed by atoms with Gasteiger partial charge in [-0.2, -0.15) is 0 Å². The monoisotopic (exact) mass is 474 g/mol. The molecule has 7 nitrogen and oxygen atoms in total. The molecular formula is C28H34N4O3. The summed E-state index contributed by atoms with van der Waals surface area (Å²) < 4.78 is 0. The van der Waals surface area contributed by atoms with Crippen LogP contribution in [0.5, 0.6) is 0 Å². The second-order valence-electron chi connectivity index (χ2n) is 9.60. The van der Waals surface area contributed by atoms with Gasteiger partial charge in [0.2, 0.25) is 0 Å². The lowest BCUT2D eigenvalue weighted by molar-refractivity contribution is 0.0697. The maximum Gasteiger partial charge on any atom is 0.336 e. The Hall–Kier alpha value is -3.87. The van der Waals surface area contributed by atoms with Crippen molar-refractivity contribution in [2.75, 3.05) is 28.6 Å². The number of urea groups is 1. The van der Waals surface area contributed by atoms with Crippen LogP contribution in [0.25, 0.3) is 11.1 Å². The zero-order valence-electron chi connectivity index (χ0n) is 21.0. The quantitative estimate of drug-likeness (QED) is 0.328. The highest BCUT2D eigenvalue weighted by molar-refractivity contribution is 6.03. The predicted molar refractivity (Wildman–Crippen MR) is 142 cm³/mol. The van der Waals surface area contributed by atoms with Gasteiger partial charge in [-0.25, -0.2) is 9.59 Å². The fourth-order valence-electron chi connectivity index (χ4n) is 3.96. The molecule has 0 saturated carbocycles. The summed E-state index contributed by atoms with van der Waals surface area (Å²) >= 11 is 0. The SMILES string of the molecule is Cc1ccc(NC(=O)Nc2cc(-c3cnccc3C(=O)O)ccc2N(CC(C)C)CC(C)C)cc1. The zero-order valence-corrected chi connectivity index (χ0v) is 21.0. The second kappa shape index (κ2) is 11.5. The lowest BCUT2D eigenvalue weighted by Gasteiger charge is -2.31. The minimum Gasteiger partial charge on any atom is -0.478 e. The fourth-order valence-corrected chi connectivity index (χ4v) is 3.96. The summed E-state index contributed by atoms with van der Waals surface area (Å²) in [4.78, 5) is 31.1. The number of aromatic carboxylic acids is 1. The molecule has 0 atom stereocenters. The molecule has 0 unspecified atom stereocenters. The van der Waals surface area contributed by atoms with Crippen molar-refractivity contribution in [3.8, 4) is 11.1 Å². The number of anilines is 3. The van der Waals surface area contributed by atoms with E-state index >= 15 is 0 Å². The first-order valence-corrected chi connectivity index (χ1v) is 11.9. The summed E-state index contributed by atoms with van der Waals surface area (Å²) in [5.74, 6) is -0.196. The molecule has 7 heteroatoms. The van der Waals surface area contributed by atoms with Crippen LogP contribution in [-0.2, 0) is 0 Å². The lowest BCUT2D eigenvalue weighted by Crippen LogP contribution is -2.32. The molecule has 184 valence electrons. The number of pyridine rings is 1. The highest BCUT2D eigenvalue weighted by Crippen LogP contribution is 2.34. The van der Waals surface area contributed by atoms with Crippen LogP contribution < -0.4 is 15.5 Å². The van der Waals surface area contributed by atoms with E-state index in [1.54, 1.807) is 0 Å². The van der Waals surface area contributed by atoms with E-state index < -0.39 is 5.97 Å². The van der Waals surface area contributed by atoms with E-state index in [4.69, 9.17) is 0 Å². The molecule has 1 aromatic heterocycles. The van der Waals surface area contributed by atoms with Crippen molar-refractivity contribution >= 4 is 29.1 Å². The molecule has 3 N–H and O–H groups in total. The Morgan fingerprint density at radius 3 is 2.20 bits per heavy atom. The number of nitrogens with zero attached hydrogens (tertiary/aromatic N) is 2. The largest absolute Gasteiger partial charge is 0.478 e. The standard InChI is InChI=1S/C28H34N4O3/c1-18(2)16-32(17-19(3)4)26-11-8-21(24-15-29-13-12-23(24)27(33)34)14-25(26)31-28(35)30-22-9-6-20(5)7-10-22/h6-15,18-19H,16-17H2,1-5H3,(H,33,34)(H2,30,31,35). The van der Waals surface area contributed by atoms with Crippen LogP contribution in [0.3, 0.4) is 0 Å². The average molecular weight is 475 g/mol. The Kier molecular flexibility index (Phi) is 8.47. The van der Waals surface area contributed by atoms with Gasteiger partial charge in [-0.1, -0.05) is 51.5 Å². The van der Waals surface area contributed by atoms with Crippen molar-refractivity contribution in [1.82, 2.24) is 4.98 Å². The van der Waals surface area contributed by atoms with Crippen LogP contribution >= 0.6 is 0 Å². The second-order valence-corrected chi connectivity index (χ2v) is 9.60. The molecule has 0 bridgehead atoms. The Morgan fingerprint density at radius 1 is 0.943 bits per heavy atom. The lowest BCUT2D eigenvalue weighted by atomic mass is 10.00. The first-order chi connectivity index (χ1) is 16.6. The molecule has 0 radical (unpaired) electrons. The number of carbonyl (C=O) groups is 2. The molecule has 0 saturated heterocycles. The number of rotatable bonds is 9. The van der Waals surface area contributed by atoms with E-state index in [0.29, 0.717) is 34.3 Å². The number of hydrogen-bond donors (Lipinski definition) is 3. The molecular weight excluding hydrogens is 440 g/mol. The fraction of sp³-hybridized carbons (Fsp3) is 0.321. The Morgan fingerprint density at radius 2 is 1.60 bits per heavy atom. The zero-order chi connectivity index (χ0) is 25.5. The van der Waals surface area contributed by atoms with Gasteiger partial charge < -0.3 is 20.6 Å². The number of benzene rings is 2. The van der Waals surface area contributed by atoms with E-state index in [0.717, 1.165) is 24.3 Å². The third-order valence-electron chi connectivity index (χ3n) is 5.43. The summed E-state index contributed by atoms with van der Waals surface area (Å²) in [6, 6.07) is 14.3. The maximum atomic E-state index is 13.0. The van der Waals surface area contributed by atoms with Crippen molar-refractivity contribution in [1.29, 1.82) is 0 Å². The van der Waals surface area contributed by atoms with Gasteiger partial charge in [0.1, 0.15) is 0 Å². The van der Waals surface area contributed by atoms with Crippen LogP contribution in [0.15, 0.2) is 60.9 Å². The van der Waals surface area contributed by atoms with E-state index in [2.05, 4.69) is 48.2 Å². The van der Waals surface area contributed by atoms with Crippen LogP contribution in [0.4, 0.5) is 21.9 Å². The first kappa shape index (κ1) is 25.7. The minimum atomic E-state index is -1.03. The molecule has 0 aliphatic rings. The molecule has 1 heterocycles. The van der Waals surface area contributed by atoms with Crippen molar-refractivity contribution < 1.29 is 14.7 Å². The summed E-state index contributed by atoms with van der Waals surface area (Å²) in [7, 11) is 0. The summed E-state index contributed by atoms with van der Waals surface area (Å²) in [6.07, 6.45) is 3.00. The van der Waals surface area contributed by atoms with E-state index in [9.17, 15) is 14.7 Å². The molecule has 0 aliphatic heterocycles. The van der Waals surface area contributed by atoms with Crippen LogP contribution in [0, 0.1) is 18.8 Å². The van der Waals surface area contributed by atoms with Gasteiger partial charge in [-0.15, -0.1) is 0 Å². The van der Waals surface area contributed by atoms with Crippen LogP contribution in [-0.4, -0.2) is 35.2 Å². The van der Waals surface area contributed by atoms with Crippen molar-refractivity contribution in [2.45, 2.75) is 34.6 Å². The summed E-state index contributed by atoms with van der Waals surface area (Å²) in [5.41, 5.74) is 4.60. The molecule has 0 spiro atoms. The third kappa shape index (κ3) is 7.06. The van der Waals surface area contributed by atoms with Gasteiger partial charge in [0, 0.05) is 36.7 Å². The summed E-state index contributed by atoms with van der Waals surface area (Å²) in [5, 5.41) is 15.5. The van der Waals surface area contributed by atoms with Gasteiger partial charge in [0.15, 0.2) is 0 Å². The van der Waals surface area contributed by atoms with Gasteiger partial charge in [0.25, 0.3) is 0 Å². The number of carboxylic acids is 1. The number of carboxylic acid groups (broad SMARTS) is 1. The van der Waals surface area contributed by atoms with Crippen molar-refractivity contribution in [3.63, 3.8) is 0 Å². The van der Waals surface area contributed by atoms with Gasteiger partial charge in [-0.05, 0) is 54.7 Å². The molecule has 2 aromatic carbocycles. The molecule has 0 aliphatic carbocycles. The topological polar surface area (TPSA) is 94.6 Å². The van der Waals surface area contributed by atoms with Gasteiger partial charge in [0.05, 0.1) is 16.9 Å². The normalized spacial score (nSPS) is 10.9. The molecule has 2 amide bonds. The van der Waals surface area contributed by atoms with Gasteiger partial charge >= 0.3 is 12.0 Å². The number of aromatic nitrogens is 1. The van der Waals surface area contributed by atoms with Crippen molar-refractivity contribution in [2.24, 2.45) is 11.8 Å². The van der Waals surface area contributed by atoms with E-state index in [-0.39, 0.29) is 11.6 Å². The predicted octanol–water partition coefficient (Wildman–Crippen LogP) is 6.52. The number of nitrogens with one attached hydrogen (secondary N) is 2. The van der Waals surface area contributed by atoms with Crippen LogP contribution in [0.2, 0.25) is 0 Å². The van der Waals surface area contributed by atoms with E-state index in [1.165, 1.54) is 18.5 Å². The first-order valence-electron chi connectivity index (χ1n) is 11.9. The third-order valence-corrected chi connectivity index (χ3v) is 5.43. The Bertz CT molecular complexity index is 1160. The van der Waals surface area contributed by atoms with Crippen molar-refractivity contribution in [3.05, 3.63) is 72.1 Å². The molecule has 3 rings (SSSR count). The smallest absolute Gasteiger partial charge is 0.336 e. The van der Waals surface area contributed by atoms with Crippen LogP contribution in [0.1, 0.15) is 43.6 Å². The average Bonchev–Trinajstić information content (AvgIpc) is 2.79. The number of amides is 2. The number of aryl methyl sites for hydroxylation is 1. The number of hydrogen-bond acceptors (Lipinski definition) is 4. The molecule has 0 fully saturated rings. The Labute approximate surface area is 207 Å². The minimum absolute atomic E-state index is 0.157. The molecule has 35 heavy (non-hydrogen) atoms. The maximum absolute atomic E-state index is 13.0. The highest BCUT2D eigenvalue weighted by atomic mass is 16.4. The Balaban J connectivity index is 2.03. The number of carbonyl (C=O) groups excluding carboxylic acids is 1.